The zero-order valence-corrected chi connectivity index (χ0v) is 69.0. The summed E-state index contributed by atoms with van der Waals surface area (Å²) in [7, 11) is 0. The van der Waals surface area contributed by atoms with Gasteiger partial charge in [-0.15, -0.1) is 12.3 Å². The number of rotatable bonds is 19. The van der Waals surface area contributed by atoms with Crippen LogP contribution in [0.15, 0.2) is 241 Å². The van der Waals surface area contributed by atoms with E-state index in [2.05, 4.69) is 145 Å². The molecule has 1 unspecified atom stereocenters. The van der Waals surface area contributed by atoms with Crippen molar-refractivity contribution in [2.45, 2.75) is 131 Å². The Balaban J connectivity index is 0.000000240. The number of aromatic hydroxyl groups is 1. The van der Waals surface area contributed by atoms with E-state index in [0.29, 0.717) is 33.9 Å². The fraction of sp³-hybridized carbons (Fsp3) is 0.310. The molecule has 9 aromatic rings. The minimum Gasteiger partial charge on any atom is -0.507 e. The first-order chi connectivity index (χ1) is 48.9. The first-order valence-electron chi connectivity index (χ1n) is 34.9. The van der Waals surface area contributed by atoms with Crippen LogP contribution in [-0.2, 0) is 92.6 Å². The van der Waals surface area contributed by atoms with Gasteiger partial charge in [0.15, 0.2) is 5.78 Å². The fourth-order valence-electron chi connectivity index (χ4n) is 13.1. The van der Waals surface area contributed by atoms with Crippen molar-refractivity contribution >= 4 is 64.7 Å². The molecule has 3 aliphatic carbocycles. The number of ketones is 1. The monoisotopic (exact) mass is 2030 g/mol. The number of aliphatic hydroxyl groups is 1. The smallest absolute Gasteiger partial charge is 0.189 e. The number of nitrogens with zero attached hydrogens (tertiary/aromatic N) is 8. The van der Waals surface area contributed by atoms with E-state index in [1.165, 1.54) is 68.7 Å². The van der Waals surface area contributed by atoms with E-state index in [-0.39, 0.29) is 119 Å². The molecule has 17 nitrogen and oxygen atoms in total. The van der Waals surface area contributed by atoms with Crippen molar-refractivity contribution in [2.24, 2.45) is 31.6 Å². The minimum atomic E-state index is -0.202. The van der Waals surface area contributed by atoms with E-state index in [1.54, 1.807) is 67.9 Å². The van der Waals surface area contributed by atoms with E-state index in [4.69, 9.17) is 21.2 Å². The van der Waals surface area contributed by atoms with Crippen LogP contribution in [0.2, 0.25) is 0 Å². The van der Waals surface area contributed by atoms with E-state index in [9.17, 15) is 15.0 Å². The molecule has 8 N–H and O–H groups in total. The van der Waals surface area contributed by atoms with Crippen molar-refractivity contribution < 1.29 is 94.8 Å². The SMILES string of the molecule is CC(=N)N=[C-]Nc1cc(CC2(C)CCCC2)ccn1.CC1(C(=N)C=[C-]Nc2ccccn2)CCCC1.CC1(C(=N)N=[C-]Nc2ccccn2)CCCC1.CC1(Cc2nc(-c3ccccc3O)cn2-c2ccccc2)CCN(c2ccccc2)C1.O=C(C=C(O)c1ccccc1)c1ccccc1.[Ir].[Ir].[Ir].[Rh]. The van der Waals surface area contributed by atoms with E-state index in [1.807, 2.05) is 116 Å². The quantitative estimate of drug-likeness (QED) is 0.00553. The maximum absolute atomic E-state index is 11.8. The van der Waals surface area contributed by atoms with Gasteiger partial charge in [-0.25, -0.2) is 4.98 Å². The zero-order chi connectivity index (χ0) is 71.3. The summed E-state index contributed by atoms with van der Waals surface area (Å²) in [5.74, 6) is 3.90. The first-order valence-corrected chi connectivity index (χ1v) is 34.9. The van der Waals surface area contributed by atoms with Gasteiger partial charge >= 0.3 is 0 Å². The van der Waals surface area contributed by atoms with Crippen molar-refractivity contribution in [1.82, 2.24) is 24.5 Å². The van der Waals surface area contributed by atoms with Crippen LogP contribution < -0.4 is 20.9 Å². The molecule has 3 saturated carbocycles. The van der Waals surface area contributed by atoms with Gasteiger partial charge in [-0.1, -0.05) is 250 Å². The standard InChI is InChI=1S/C27H27N3O.C15H21N4.C15H12O2.C14H18N3.C13H17N4.3Ir.Rh/c1-27(16-17-29(20-27)21-10-4-2-5-11-21)18-26-28-24(23-14-8-9-15-25(23)31)19-30(26)22-12-6-3-7-13-22;1-12(16)18-11-19-14-9-13(5-8-17-14)10-15(2)6-3-4-7-15;16-14(12-7-3-1-4-8-12)11-15(17)13-9-5-2-6-10-13;1-14(8-3-4-9-14)12(15)7-11-17-13-6-2-5-10-16-13;1-13(7-3-4-8-13)12(14)17-10-16-11-6-2-5-9-15-11;;;;/h2-15,19,31H,16-18,20H2,1H3;5,8-9H,3-4,6-7,10H2,1-2H3,(H2,16,17,18,19);1-11,16H;2,5-7,10,15H,3-4,8-9H2,1H3,(H,16,17);2,5-6,9H,3-4,7-8H2,1H3,(H2,14,15,16,17);;;;/q;-1;;2*-1;;;;. The number of para-hydroxylation sites is 3. The molecule has 105 heavy (non-hydrogen) atoms. The predicted octanol–water partition coefficient (Wildman–Crippen LogP) is 19.0. The van der Waals surface area contributed by atoms with Crippen molar-refractivity contribution in [3.05, 3.63) is 260 Å². The molecule has 5 aromatic carbocycles. The van der Waals surface area contributed by atoms with E-state index >= 15 is 0 Å². The molecule has 558 valence electrons. The van der Waals surface area contributed by atoms with Crippen LogP contribution in [0.3, 0.4) is 0 Å². The van der Waals surface area contributed by atoms with Crippen molar-refractivity contribution in [1.29, 1.82) is 16.2 Å². The Bertz CT molecular complexity index is 4150. The second-order valence-corrected chi connectivity index (χ2v) is 27.6. The number of allylic oxidation sites excluding steroid dienone is 2. The molecule has 4 aromatic heterocycles. The summed E-state index contributed by atoms with van der Waals surface area (Å²) in [4.78, 5) is 39.5. The van der Waals surface area contributed by atoms with Gasteiger partial charge in [0.05, 0.1) is 5.69 Å². The van der Waals surface area contributed by atoms with Crippen LogP contribution >= 0.6 is 0 Å². The van der Waals surface area contributed by atoms with Gasteiger partial charge in [-0.3, -0.25) is 4.79 Å². The predicted molar refractivity (Wildman–Crippen MR) is 412 cm³/mol. The number of imidazole rings is 1. The largest absolute Gasteiger partial charge is 0.507 e. The number of anilines is 4. The van der Waals surface area contributed by atoms with Crippen LogP contribution in [0.5, 0.6) is 5.75 Å². The first kappa shape index (κ1) is 87.3. The van der Waals surface area contributed by atoms with Crippen LogP contribution in [0, 0.1) is 44.1 Å². The number of aliphatic imine (C=N–C) groups is 2. The molecule has 4 aliphatic rings. The Morgan fingerprint density at radius 2 is 1.07 bits per heavy atom. The number of aromatic nitrogens is 5. The normalized spacial score (nSPS) is 16.4. The Morgan fingerprint density at radius 3 is 1.65 bits per heavy atom. The van der Waals surface area contributed by atoms with Crippen LogP contribution in [0.1, 0.15) is 145 Å². The van der Waals surface area contributed by atoms with Crippen LogP contribution in [0.25, 0.3) is 22.7 Å². The van der Waals surface area contributed by atoms with Gasteiger partial charge in [0, 0.05) is 200 Å². The average molecular weight is 2030 g/mol. The third-order valence-electron chi connectivity index (χ3n) is 19.1. The number of hydrogen-bond acceptors (Lipinski definition) is 12. The Labute approximate surface area is 673 Å². The number of pyridine rings is 3. The van der Waals surface area contributed by atoms with Gasteiger partial charge in [0.1, 0.15) is 17.3 Å². The summed E-state index contributed by atoms with van der Waals surface area (Å²) in [6.45, 7) is 12.7. The third kappa shape index (κ3) is 27.5. The molecular formula is C84H95Ir3N14O3Rh-3. The molecule has 1 aliphatic heterocycles. The molecule has 1 atom stereocenters. The van der Waals surface area contributed by atoms with Gasteiger partial charge in [0.2, 0.25) is 0 Å². The molecule has 4 radical (unpaired) electrons. The van der Waals surface area contributed by atoms with Gasteiger partial charge in [-0.2, -0.15) is 0 Å². The molecule has 0 spiro atoms. The zero-order valence-electron chi connectivity index (χ0n) is 60.2. The van der Waals surface area contributed by atoms with Crippen LogP contribution in [-0.4, -0.2) is 83.6 Å². The number of benzene rings is 5. The molecule has 13 rings (SSSR count). The van der Waals surface area contributed by atoms with Crippen molar-refractivity contribution in [3.63, 3.8) is 0 Å². The molecule has 4 fully saturated rings. The third-order valence-corrected chi connectivity index (χ3v) is 19.1. The van der Waals surface area contributed by atoms with Gasteiger partial charge in [0.25, 0.3) is 0 Å². The molecule has 21 heteroatoms. The Kier molecular flexibility index (Phi) is 36.5. The summed E-state index contributed by atoms with van der Waals surface area (Å²) >= 11 is 0. The summed E-state index contributed by atoms with van der Waals surface area (Å²) in [6.07, 6.45) is 36.2. The van der Waals surface area contributed by atoms with Crippen molar-refractivity contribution in [2.75, 3.05) is 33.9 Å². The summed E-state index contributed by atoms with van der Waals surface area (Å²) in [6, 6.07) is 61.6. The molecule has 5 heterocycles. The summed E-state index contributed by atoms with van der Waals surface area (Å²) in [5.41, 5.74) is 7.68. The number of amidine groups is 2. The molecule has 1 saturated heterocycles. The summed E-state index contributed by atoms with van der Waals surface area (Å²) in [5, 5.41) is 52.1. The molecule has 0 bridgehead atoms. The Hall–Kier alpha value is -8.37. The number of phenols is 1. The second-order valence-electron chi connectivity index (χ2n) is 27.6. The average Bonchev–Trinajstić information content (AvgIpc) is 1.65. The van der Waals surface area contributed by atoms with Crippen LogP contribution in [0.4, 0.5) is 23.1 Å². The maximum atomic E-state index is 11.8. The maximum Gasteiger partial charge on any atom is 0.189 e. The summed E-state index contributed by atoms with van der Waals surface area (Å²) < 4.78 is 2.18. The van der Waals surface area contributed by atoms with E-state index in [0.717, 1.165) is 92.4 Å². The number of carbonyl (C=O) groups excluding carboxylic acids is 1. The number of carbonyl (C=O) groups is 1. The number of hydrogen-bond donors (Lipinski definition) is 8. The second kappa shape index (κ2) is 43.9. The van der Waals surface area contributed by atoms with Gasteiger partial charge < -0.3 is 76.8 Å². The number of aliphatic hydroxyl groups excluding tert-OH is 1. The number of phenolic OH excluding ortho intramolecular Hbond substituents is 1. The molecular weight excluding hydrogens is 1930 g/mol. The Morgan fingerprint density at radius 1 is 0.562 bits per heavy atom. The number of nitrogens with one attached hydrogen (secondary N) is 6. The van der Waals surface area contributed by atoms with Crippen molar-refractivity contribution in [3.8, 4) is 22.7 Å². The minimum absolute atomic E-state index is 0. The van der Waals surface area contributed by atoms with E-state index < -0.39 is 0 Å². The molecule has 0 amide bonds. The van der Waals surface area contributed by atoms with Gasteiger partial charge in [-0.05, 0) is 102 Å². The topological polar surface area (TPSA) is 250 Å². The fourth-order valence-corrected chi connectivity index (χ4v) is 13.1.